The van der Waals surface area contributed by atoms with Crippen LogP contribution in [0.4, 0.5) is 0 Å². The molecular formula is CHCoORu. The number of carbonyl (C=O) groups excluding carboxylic acids is 1. The summed E-state index contributed by atoms with van der Waals surface area (Å²) in [5, 5.41) is 0.438. The first-order valence-corrected chi connectivity index (χ1v) is 1.03. The monoisotopic (exact) mass is 190 g/mol. The van der Waals surface area contributed by atoms with Gasteiger partial charge >= 0.3 is 25.8 Å². The molecule has 0 N–H and O–H groups in total. The van der Waals surface area contributed by atoms with Crippen LogP contribution < -0.4 is 0 Å². The molecule has 3 heteroatoms. The van der Waals surface area contributed by atoms with Crippen LogP contribution in [0.15, 0.2) is 0 Å². The normalized spacial score (nSPS) is 3.50. The Bertz CT molecular complexity index is 15.5. The van der Waals surface area contributed by atoms with E-state index in [1.807, 2.05) is 0 Å². The second-order valence-electron chi connectivity index (χ2n) is 0.0786. The van der Waals surface area contributed by atoms with Crippen molar-refractivity contribution in [2.75, 3.05) is 0 Å². The minimum absolute atomic E-state index is 0. The molecule has 0 spiro atoms. The van der Waals surface area contributed by atoms with E-state index in [2.05, 4.69) is 15.7 Å². The molecule has 0 aromatic carbocycles. The summed E-state index contributed by atoms with van der Waals surface area (Å²) >= 11 is 3.15. The predicted octanol–water partition coefficient (Wildman–Crippen LogP) is -0.279. The summed E-state index contributed by atoms with van der Waals surface area (Å²) in [7, 11) is 0. The van der Waals surface area contributed by atoms with Gasteiger partial charge in [-0.25, -0.2) is 0 Å². The van der Waals surface area contributed by atoms with Crippen molar-refractivity contribution in [3.05, 3.63) is 0 Å². The van der Waals surface area contributed by atoms with E-state index in [0.717, 1.165) is 0 Å². The van der Waals surface area contributed by atoms with Crippen molar-refractivity contribution in [3.63, 3.8) is 0 Å². The molecule has 0 radical (unpaired) electrons. The topological polar surface area (TPSA) is 17.1 Å². The Kier molecular flexibility index (Phi) is 20.3. The maximum atomic E-state index is 8.67. The fourth-order valence-corrected chi connectivity index (χ4v) is 0. The minimum atomic E-state index is 0. The Balaban J connectivity index is 0. The van der Waals surface area contributed by atoms with Crippen molar-refractivity contribution in [3.8, 4) is 0 Å². The van der Waals surface area contributed by atoms with Crippen LogP contribution in [0, 0.1) is 0 Å². The van der Waals surface area contributed by atoms with E-state index in [-0.39, 0.29) is 19.5 Å². The van der Waals surface area contributed by atoms with Crippen molar-refractivity contribution >= 4 is 5.22 Å². The summed E-state index contributed by atoms with van der Waals surface area (Å²) in [4.78, 5) is 8.67. The van der Waals surface area contributed by atoms with Gasteiger partial charge in [0.2, 0.25) is 0 Å². The van der Waals surface area contributed by atoms with Gasteiger partial charge in [-0.05, 0) is 0 Å². The van der Waals surface area contributed by atoms with Crippen LogP contribution in [-0.4, -0.2) is 5.22 Å². The van der Waals surface area contributed by atoms with Gasteiger partial charge in [0.25, 0.3) is 0 Å². The summed E-state index contributed by atoms with van der Waals surface area (Å²) in [6, 6.07) is 0. The average Bonchev–Trinajstić information content (AvgIpc) is 0.918. The molecule has 0 heterocycles. The summed E-state index contributed by atoms with van der Waals surface area (Å²) in [6.45, 7) is 0. The molecule has 0 saturated heterocycles. The van der Waals surface area contributed by atoms with E-state index in [9.17, 15) is 0 Å². The van der Waals surface area contributed by atoms with E-state index in [1.165, 1.54) is 0 Å². The zero-order valence-electron chi connectivity index (χ0n) is 1.67. The van der Waals surface area contributed by atoms with Gasteiger partial charge in [0.05, 0.1) is 0 Å². The second-order valence-corrected chi connectivity index (χ2v) is 0.324. The molecule has 0 aromatic heterocycles. The first-order chi connectivity index (χ1) is 1.41. The molecule has 0 aliphatic carbocycles. The molecule has 0 aliphatic rings. The van der Waals surface area contributed by atoms with Crippen LogP contribution in [0.3, 0.4) is 0 Å². The summed E-state index contributed by atoms with van der Waals surface area (Å²) in [5.41, 5.74) is 0. The smallest absolute Gasteiger partial charge is 0 e. The zero-order valence-corrected chi connectivity index (χ0v) is 4.45. The molecular weight excluding hydrogens is 188 g/mol. The molecule has 1 nitrogen and oxygen atoms in total. The van der Waals surface area contributed by atoms with Gasteiger partial charge in [0.1, 0.15) is 0 Å². The van der Waals surface area contributed by atoms with Gasteiger partial charge in [-0.2, -0.15) is 0 Å². The molecule has 4 heavy (non-hydrogen) atoms. The van der Waals surface area contributed by atoms with E-state index < -0.39 is 0 Å². The maximum Gasteiger partial charge on any atom is 0 e. The van der Waals surface area contributed by atoms with Gasteiger partial charge in [0, 0.05) is 19.5 Å². The van der Waals surface area contributed by atoms with Crippen molar-refractivity contribution in [2.45, 2.75) is 0 Å². The second kappa shape index (κ2) is 9.20. The van der Waals surface area contributed by atoms with Gasteiger partial charge in [-0.3, -0.25) is 0 Å². The number of hydrogen-bond acceptors (Lipinski definition) is 1. The zero-order chi connectivity index (χ0) is 2.71. The molecule has 0 aliphatic heterocycles. The van der Waals surface area contributed by atoms with Crippen LogP contribution in [0.2, 0.25) is 0 Å². The fourth-order valence-electron chi connectivity index (χ4n) is 0. The Morgan fingerprint density at radius 1 is 1.75 bits per heavy atom. The van der Waals surface area contributed by atoms with Crippen LogP contribution in [0.25, 0.3) is 0 Å². The molecule has 28 valence electrons. The average molecular weight is 189 g/mol. The Morgan fingerprint density at radius 3 is 1.75 bits per heavy atom. The molecule has 0 saturated carbocycles. The summed E-state index contributed by atoms with van der Waals surface area (Å²) < 4.78 is 0. The van der Waals surface area contributed by atoms with Crippen LogP contribution in [-0.2, 0) is 40.0 Å². The van der Waals surface area contributed by atoms with E-state index in [0.29, 0.717) is 5.22 Å². The third-order valence-corrected chi connectivity index (χ3v) is 0. The third kappa shape index (κ3) is 14.2. The Hall–Kier alpha value is 0.800. The van der Waals surface area contributed by atoms with Crippen molar-refractivity contribution < 1.29 is 40.0 Å². The fraction of sp³-hybridized carbons (Fsp3) is 0. The summed E-state index contributed by atoms with van der Waals surface area (Å²) in [5.74, 6) is 0. The first kappa shape index (κ1) is 8.84. The Morgan fingerprint density at radius 2 is 1.75 bits per heavy atom. The van der Waals surface area contributed by atoms with Crippen LogP contribution in [0.1, 0.15) is 0 Å². The Labute approximate surface area is 45.5 Å². The standard InChI is InChI=1S/CHO.Co.Ru/c1-2;;/h1H;;. The van der Waals surface area contributed by atoms with Gasteiger partial charge in [-0.15, -0.1) is 0 Å². The summed E-state index contributed by atoms with van der Waals surface area (Å²) in [6.07, 6.45) is 0. The number of hydrogen-bond donors (Lipinski definition) is 0. The predicted molar refractivity (Wildman–Crippen MR) is 6.75 cm³/mol. The van der Waals surface area contributed by atoms with E-state index in [1.54, 1.807) is 0 Å². The van der Waals surface area contributed by atoms with Crippen molar-refractivity contribution in [1.29, 1.82) is 0 Å². The number of rotatable bonds is 0. The van der Waals surface area contributed by atoms with Gasteiger partial charge in [0.15, 0.2) is 0 Å². The molecule has 0 atom stereocenters. The molecule has 0 fully saturated rings. The third-order valence-electron chi connectivity index (χ3n) is 0. The first-order valence-electron chi connectivity index (χ1n) is 0.428. The van der Waals surface area contributed by atoms with Crippen LogP contribution >= 0.6 is 0 Å². The van der Waals surface area contributed by atoms with Gasteiger partial charge < -0.3 is 0 Å². The number of carbonyl (C=O) groups is 1. The quantitative estimate of drug-likeness (QED) is 0.378. The largest absolute Gasteiger partial charge is 0 e. The van der Waals surface area contributed by atoms with Gasteiger partial charge in [-0.1, -0.05) is 0 Å². The molecule has 0 rings (SSSR count). The molecule has 0 unspecified atom stereocenters. The van der Waals surface area contributed by atoms with Crippen molar-refractivity contribution in [2.24, 2.45) is 0 Å². The maximum absolute atomic E-state index is 8.67. The molecule has 0 amide bonds. The van der Waals surface area contributed by atoms with E-state index in [4.69, 9.17) is 4.79 Å². The minimum Gasteiger partial charge on any atom is 0 e. The molecule has 0 aromatic rings. The van der Waals surface area contributed by atoms with E-state index >= 15 is 0 Å². The van der Waals surface area contributed by atoms with Crippen molar-refractivity contribution in [1.82, 2.24) is 0 Å². The van der Waals surface area contributed by atoms with Crippen LogP contribution in [0.5, 0.6) is 0 Å². The SMILES string of the molecule is O=[CH][Co].[Ru]. The molecule has 0 bridgehead atoms.